The molecule has 6 heteroatoms. The first-order chi connectivity index (χ1) is 9.69. The van der Waals surface area contributed by atoms with Crippen molar-refractivity contribution in [1.82, 2.24) is 10.6 Å². The van der Waals surface area contributed by atoms with Gasteiger partial charge in [-0.25, -0.2) is 0 Å². The molecule has 0 radical (unpaired) electrons. The summed E-state index contributed by atoms with van der Waals surface area (Å²) in [5, 5.41) is 6.04. The van der Waals surface area contributed by atoms with E-state index in [1.54, 1.807) is 18.9 Å². The largest absolute Gasteiger partial charge is 0.497 e. The lowest BCUT2D eigenvalue weighted by molar-refractivity contribution is -0.122. The van der Waals surface area contributed by atoms with Crippen LogP contribution in [0.5, 0.6) is 11.5 Å². The molecule has 2 unspecified atom stereocenters. The highest BCUT2D eigenvalue weighted by atomic mass is 32.2. The van der Waals surface area contributed by atoms with Crippen molar-refractivity contribution in [3.8, 4) is 11.5 Å². The molecule has 1 aromatic rings. The minimum Gasteiger partial charge on any atom is -0.497 e. The summed E-state index contributed by atoms with van der Waals surface area (Å²) in [4.78, 5) is 11.8. The molecule has 0 aliphatic carbocycles. The Labute approximate surface area is 123 Å². The van der Waals surface area contributed by atoms with Crippen LogP contribution in [-0.2, 0) is 4.79 Å². The zero-order valence-corrected chi connectivity index (χ0v) is 12.5. The summed E-state index contributed by atoms with van der Waals surface area (Å²) in [6.07, 6.45) is -0.0971. The van der Waals surface area contributed by atoms with E-state index in [1.165, 1.54) is 0 Å². The fourth-order valence-electron chi connectivity index (χ4n) is 1.88. The molecule has 5 nitrogen and oxygen atoms in total. The van der Waals surface area contributed by atoms with Gasteiger partial charge in [0.25, 0.3) is 0 Å². The number of benzene rings is 1. The summed E-state index contributed by atoms with van der Waals surface area (Å²) < 4.78 is 10.9. The Morgan fingerprint density at radius 3 is 3.05 bits per heavy atom. The van der Waals surface area contributed by atoms with Crippen molar-refractivity contribution < 1.29 is 14.3 Å². The monoisotopic (exact) mass is 296 g/mol. The Balaban J connectivity index is 1.76. The molecular weight excluding hydrogens is 276 g/mol. The molecule has 0 bridgehead atoms. The van der Waals surface area contributed by atoms with E-state index in [4.69, 9.17) is 9.47 Å². The maximum absolute atomic E-state index is 11.8. The van der Waals surface area contributed by atoms with Crippen LogP contribution in [0, 0.1) is 0 Å². The van der Waals surface area contributed by atoms with E-state index < -0.39 is 0 Å². The lowest BCUT2D eigenvalue weighted by atomic mass is 10.3. The van der Waals surface area contributed by atoms with Crippen molar-refractivity contribution in [2.45, 2.75) is 19.1 Å². The minimum absolute atomic E-state index is 0.0380. The number of thioether (sulfide) groups is 1. The van der Waals surface area contributed by atoms with E-state index in [0.29, 0.717) is 6.54 Å². The first kappa shape index (κ1) is 15.0. The fourth-order valence-corrected chi connectivity index (χ4v) is 2.82. The maximum Gasteiger partial charge on any atom is 0.238 e. The molecule has 1 aliphatic heterocycles. The first-order valence-corrected chi connectivity index (χ1v) is 7.74. The lowest BCUT2D eigenvalue weighted by Crippen LogP contribution is -2.44. The van der Waals surface area contributed by atoms with Gasteiger partial charge in [-0.3, -0.25) is 10.1 Å². The van der Waals surface area contributed by atoms with Crippen molar-refractivity contribution in [3.05, 3.63) is 24.3 Å². The van der Waals surface area contributed by atoms with Gasteiger partial charge in [0.2, 0.25) is 5.91 Å². The van der Waals surface area contributed by atoms with Gasteiger partial charge >= 0.3 is 0 Å². The predicted molar refractivity (Wildman–Crippen MR) is 80.3 cm³/mol. The molecule has 2 N–H and O–H groups in total. The molecule has 20 heavy (non-hydrogen) atoms. The van der Waals surface area contributed by atoms with Crippen LogP contribution in [0.2, 0.25) is 0 Å². The second-order valence-corrected chi connectivity index (χ2v) is 5.65. The predicted octanol–water partition coefficient (Wildman–Crippen LogP) is 1.24. The summed E-state index contributed by atoms with van der Waals surface area (Å²) in [5.74, 6) is 3.20. The summed E-state index contributed by atoms with van der Waals surface area (Å²) >= 11 is 1.73. The third kappa shape index (κ3) is 4.31. The first-order valence-electron chi connectivity index (χ1n) is 6.58. The van der Waals surface area contributed by atoms with Crippen molar-refractivity contribution >= 4 is 17.7 Å². The van der Waals surface area contributed by atoms with Gasteiger partial charge in [-0.2, -0.15) is 0 Å². The highest BCUT2D eigenvalue weighted by Gasteiger charge is 2.22. The van der Waals surface area contributed by atoms with Gasteiger partial charge in [-0.1, -0.05) is 6.07 Å². The molecule has 1 saturated heterocycles. The molecule has 110 valence electrons. The molecule has 2 rings (SSSR count). The third-order valence-electron chi connectivity index (χ3n) is 2.98. The van der Waals surface area contributed by atoms with Crippen LogP contribution in [-0.4, -0.2) is 43.3 Å². The van der Waals surface area contributed by atoms with Gasteiger partial charge in [-0.15, -0.1) is 11.8 Å². The summed E-state index contributed by atoms with van der Waals surface area (Å²) in [6.45, 7) is 2.41. The van der Waals surface area contributed by atoms with Crippen LogP contribution >= 0.6 is 11.8 Å². The number of ether oxygens (including phenoxy) is 2. The van der Waals surface area contributed by atoms with Gasteiger partial charge in [0.1, 0.15) is 17.6 Å². The second kappa shape index (κ2) is 7.40. The molecule has 1 amide bonds. The van der Waals surface area contributed by atoms with Crippen LogP contribution in [0.15, 0.2) is 24.3 Å². The fraction of sp³-hybridized carbons (Fsp3) is 0.500. The Morgan fingerprint density at radius 2 is 2.35 bits per heavy atom. The average Bonchev–Trinajstić information content (AvgIpc) is 2.99. The SMILES string of the molecule is COc1cccc(OC(C)CNC(=O)C2CSCN2)c1. The second-order valence-electron chi connectivity index (χ2n) is 4.62. The standard InChI is InChI=1S/C14H20N2O3S/c1-10(7-15-14(17)13-8-20-9-16-13)19-12-5-3-4-11(6-12)18-2/h3-6,10,13,16H,7-9H2,1-2H3,(H,15,17). The maximum atomic E-state index is 11.8. The lowest BCUT2D eigenvalue weighted by Gasteiger charge is -2.17. The number of methoxy groups -OCH3 is 1. The zero-order valence-electron chi connectivity index (χ0n) is 11.7. The third-order valence-corrected chi connectivity index (χ3v) is 3.91. The van der Waals surface area contributed by atoms with Crippen molar-refractivity contribution in [2.24, 2.45) is 0 Å². The van der Waals surface area contributed by atoms with Gasteiger partial charge in [0, 0.05) is 17.7 Å². The molecule has 1 heterocycles. The number of hydrogen-bond acceptors (Lipinski definition) is 5. The summed E-state index contributed by atoms with van der Waals surface area (Å²) in [7, 11) is 1.62. The van der Waals surface area contributed by atoms with Gasteiger partial charge in [0.15, 0.2) is 0 Å². The normalized spacial score (nSPS) is 19.4. The summed E-state index contributed by atoms with van der Waals surface area (Å²) in [5.41, 5.74) is 0. The van der Waals surface area contributed by atoms with E-state index in [2.05, 4.69) is 10.6 Å². The number of hydrogen-bond donors (Lipinski definition) is 2. The highest BCUT2D eigenvalue weighted by Crippen LogP contribution is 2.19. The summed E-state index contributed by atoms with van der Waals surface area (Å²) in [6, 6.07) is 7.36. The van der Waals surface area contributed by atoms with Crippen LogP contribution in [0.1, 0.15) is 6.92 Å². The van der Waals surface area contributed by atoms with Crippen LogP contribution in [0.25, 0.3) is 0 Å². The average molecular weight is 296 g/mol. The molecule has 1 fully saturated rings. The van der Waals surface area contributed by atoms with Crippen LogP contribution < -0.4 is 20.1 Å². The molecule has 0 saturated carbocycles. The van der Waals surface area contributed by atoms with Gasteiger partial charge < -0.3 is 14.8 Å². The number of carbonyl (C=O) groups is 1. The number of nitrogens with one attached hydrogen (secondary N) is 2. The highest BCUT2D eigenvalue weighted by molar-refractivity contribution is 7.99. The Kier molecular flexibility index (Phi) is 5.55. The van der Waals surface area contributed by atoms with E-state index in [-0.39, 0.29) is 18.1 Å². The van der Waals surface area contributed by atoms with Crippen LogP contribution in [0.4, 0.5) is 0 Å². The molecular formula is C14H20N2O3S. The van der Waals surface area contributed by atoms with E-state index in [9.17, 15) is 4.79 Å². The van der Waals surface area contributed by atoms with Crippen molar-refractivity contribution in [3.63, 3.8) is 0 Å². The Morgan fingerprint density at radius 1 is 1.55 bits per heavy atom. The van der Waals surface area contributed by atoms with Gasteiger partial charge in [-0.05, 0) is 19.1 Å². The topological polar surface area (TPSA) is 59.6 Å². The Bertz CT molecular complexity index is 450. The molecule has 2 atom stereocenters. The minimum atomic E-state index is -0.0971. The van der Waals surface area contributed by atoms with Crippen molar-refractivity contribution in [1.29, 1.82) is 0 Å². The number of amides is 1. The Hall–Kier alpha value is -1.40. The van der Waals surface area contributed by atoms with Crippen LogP contribution in [0.3, 0.4) is 0 Å². The molecule has 1 aliphatic rings. The smallest absolute Gasteiger partial charge is 0.238 e. The van der Waals surface area contributed by atoms with E-state index >= 15 is 0 Å². The van der Waals surface area contributed by atoms with E-state index in [0.717, 1.165) is 23.1 Å². The molecule has 0 spiro atoms. The van der Waals surface area contributed by atoms with E-state index in [1.807, 2.05) is 31.2 Å². The zero-order chi connectivity index (χ0) is 14.4. The quantitative estimate of drug-likeness (QED) is 0.827. The molecule has 0 aromatic heterocycles. The number of carbonyl (C=O) groups excluding carboxylic acids is 1. The van der Waals surface area contributed by atoms with Crippen molar-refractivity contribution in [2.75, 3.05) is 25.3 Å². The number of rotatable bonds is 6. The van der Waals surface area contributed by atoms with Gasteiger partial charge in [0.05, 0.1) is 19.7 Å². The molecule has 1 aromatic carbocycles.